The van der Waals surface area contributed by atoms with Gasteiger partial charge in [-0.1, -0.05) is 30.3 Å². The lowest BCUT2D eigenvalue weighted by atomic mass is 10.1. The van der Waals surface area contributed by atoms with E-state index in [0.717, 1.165) is 11.1 Å². The minimum absolute atomic E-state index is 0.166. The van der Waals surface area contributed by atoms with Crippen molar-refractivity contribution in [3.8, 4) is 22.9 Å². The third kappa shape index (κ3) is 7.38. The molecule has 3 amide bonds. The van der Waals surface area contributed by atoms with Gasteiger partial charge in [0.2, 0.25) is 11.8 Å². The summed E-state index contributed by atoms with van der Waals surface area (Å²) in [5.41, 5.74) is 1.69. The zero-order chi connectivity index (χ0) is 28.5. The number of ether oxygens (including phenoxy) is 2. The highest BCUT2D eigenvalue weighted by Gasteiger charge is 2.25. The summed E-state index contributed by atoms with van der Waals surface area (Å²) in [6.07, 6.45) is 2.91. The number of hydrogen-bond acceptors (Lipinski definition) is 7. The number of nitrogens with zero attached hydrogens (tertiary/aromatic N) is 3. The first kappa shape index (κ1) is 28.6. The van der Waals surface area contributed by atoms with E-state index in [-0.39, 0.29) is 32.0 Å². The Bertz CT molecular complexity index is 1310. The summed E-state index contributed by atoms with van der Waals surface area (Å²) < 4.78 is 13.4. The van der Waals surface area contributed by atoms with Crippen LogP contribution in [0.5, 0.6) is 11.5 Å². The number of amides is 3. The number of carbonyl (C=O) groups excluding carboxylic acids is 3. The van der Waals surface area contributed by atoms with E-state index >= 15 is 0 Å². The predicted octanol–water partition coefficient (Wildman–Crippen LogP) is 1.39. The van der Waals surface area contributed by atoms with Crippen molar-refractivity contribution in [3.05, 3.63) is 66.5 Å². The molecule has 4 rings (SSSR count). The maximum absolute atomic E-state index is 13.2. The Balaban J connectivity index is 1.62. The molecular formula is C29H35N5O6. The van der Waals surface area contributed by atoms with Crippen molar-refractivity contribution in [1.82, 2.24) is 25.1 Å². The summed E-state index contributed by atoms with van der Waals surface area (Å²) in [4.78, 5) is 44.8. The van der Waals surface area contributed by atoms with Crippen molar-refractivity contribution in [2.24, 2.45) is 0 Å². The lowest BCUT2D eigenvalue weighted by Crippen LogP contribution is -2.52. The van der Waals surface area contributed by atoms with Crippen LogP contribution < -0.4 is 20.1 Å². The first-order valence-electron chi connectivity index (χ1n) is 13.3. The van der Waals surface area contributed by atoms with Gasteiger partial charge >= 0.3 is 0 Å². The SMILES string of the molecule is COc1ccc2cc1OCCCN(C(=O)[C@H](C)O)CC(=O)N[C@@H](Cc1ccccc1)C(=O)NCCn1ccnc1-2. The maximum Gasteiger partial charge on any atom is 0.251 e. The number of fused-ring (bicyclic) bond motifs is 4. The lowest BCUT2D eigenvalue weighted by Gasteiger charge is -2.25. The zero-order valence-corrected chi connectivity index (χ0v) is 22.7. The Morgan fingerprint density at radius 3 is 2.75 bits per heavy atom. The summed E-state index contributed by atoms with van der Waals surface area (Å²) in [7, 11) is 1.55. The fourth-order valence-corrected chi connectivity index (χ4v) is 4.54. The van der Waals surface area contributed by atoms with Crippen LogP contribution >= 0.6 is 0 Å². The van der Waals surface area contributed by atoms with Crippen molar-refractivity contribution in [2.75, 3.05) is 33.4 Å². The minimum atomic E-state index is -1.28. The largest absolute Gasteiger partial charge is 0.493 e. The number of aromatic nitrogens is 2. The number of hydrogen-bond donors (Lipinski definition) is 3. The smallest absolute Gasteiger partial charge is 0.251 e. The molecule has 0 aliphatic carbocycles. The maximum atomic E-state index is 13.2. The van der Waals surface area contributed by atoms with Crippen molar-refractivity contribution in [3.63, 3.8) is 0 Å². The van der Waals surface area contributed by atoms with Crippen LogP contribution in [0.25, 0.3) is 11.4 Å². The number of aliphatic hydroxyl groups is 1. The van der Waals surface area contributed by atoms with Crippen LogP contribution in [0.15, 0.2) is 60.9 Å². The number of benzene rings is 2. The fraction of sp³-hybridized carbons (Fsp3) is 0.379. The quantitative estimate of drug-likeness (QED) is 0.448. The van der Waals surface area contributed by atoms with Crippen LogP contribution in [-0.4, -0.2) is 82.8 Å². The molecule has 0 fully saturated rings. The van der Waals surface area contributed by atoms with Crippen molar-refractivity contribution >= 4 is 17.7 Å². The number of methoxy groups -OCH3 is 1. The van der Waals surface area contributed by atoms with Crippen molar-refractivity contribution in [1.29, 1.82) is 0 Å². The van der Waals surface area contributed by atoms with Gasteiger partial charge in [-0.15, -0.1) is 0 Å². The topological polar surface area (TPSA) is 135 Å². The zero-order valence-electron chi connectivity index (χ0n) is 22.7. The lowest BCUT2D eigenvalue weighted by molar-refractivity contribution is -0.143. The van der Waals surface area contributed by atoms with Gasteiger partial charge in [0.15, 0.2) is 11.5 Å². The van der Waals surface area contributed by atoms with Crippen molar-refractivity contribution < 1.29 is 29.0 Å². The molecule has 1 aromatic heterocycles. The molecule has 212 valence electrons. The Labute approximate surface area is 233 Å². The van der Waals surface area contributed by atoms with E-state index in [4.69, 9.17) is 9.47 Å². The van der Waals surface area contributed by atoms with Gasteiger partial charge in [0, 0.05) is 44.0 Å². The molecule has 1 aliphatic rings. The molecule has 2 atom stereocenters. The highest BCUT2D eigenvalue weighted by molar-refractivity contribution is 5.91. The minimum Gasteiger partial charge on any atom is -0.493 e. The van der Waals surface area contributed by atoms with E-state index in [1.165, 1.54) is 11.8 Å². The second-order valence-corrected chi connectivity index (χ2v) is 9.55. The molecule has 0 unspecified atom stereocenters. The number of imidazole rings is 1. The average molecular weight is 550 g/mol. The third-order valence-corrected chi connectivity index (χ3v) is 6.56. The highest BCUT2D eigenvalue weighted by Crippen LogP contribution is 2.32. The van der Waals surface area contributed by atoms with Crippen LogP contribution in [0.3, 0.4) is 0 Å². The number of rotatable bonds is 4. The first-order chi connectivity index (χ1) is 19.4. The summed E-state index contributed by atoms with van der Waals surface area (Å²) in [6.45, 7) is 2.20. The van der Waals surface area contributed by atoms with Crippen molar-refractivity contribution in [2.45, 2.75) is 38.5 Å². The molecular weight excluding hydrogens is 514 g/mol. The van der Waals surface area contributed by atoms with E-state index in [2.05, 4.69) is 15.6 Å². The molecule has 0 saturated heterocycles. The van der Waals surface area contributed by atoms with E-state index in [9.17, 15) is 19.5 Å². The normalized spacial score (nSPS) is 17.8. The number of aliphatic hydroxyl groups excluding tert-OH is 1. The highest BCUT2D eigenvalue weighted by atomic mass is 16.5. The second-order valence-electron chi connectivity index (χ2n) is 9.55. The molecule has 0 spiro atoms. The number of nitrogens with one attached hydrogen (secondary N) is 2. The van der Waals surface area contributed by atoms with E-state index < -0.39 is 24.0 Å². The van der Waals surface area contributed by atoms with Gasteiger partial charge in [-0.25, -0.2) is 4.98 Å². The second kappa shape index (κ2) is 13.6. The molecule has 0 radical (unpaired) electrons. The van der Waals surface area contributed by atoms with Crippen LogP contribution in [0.1, 0.15) is 18.9 Å². The summed E-state index contributed by atoms with van der Waals surface area (Å²) in [5, 5.41) is 15.6. The molecule has 2 heterocycles. The molecule has 11 nitrogen and oxygen atoms in total. The monoisotopic (exact) mass is 549 g/mol. The standard InChI is InChI=1S/C29H35N5O6/c1-20(35)29(38)34-13-6-16-40-25-18-22(9-10-24(25)39-2)27-30-11-14-33(27)15-12-31-28(37)23(32-26(36)19-34)17-21-7-4-3-5-8-21/h3-5,7-11,14,18,20,23,35H,6,12-13,15-17,19H2,1-2H3,(H,31,37)(H,32,36)/t20-,23-/m0/s1. The van der Waals surface area contributed by atoms with Gasteiger partial charge in [0.05, 0.1) is 20.3 Å². The van der Waals surface area contributed by atoms with Gasteiger partial charge in [0.25, 0.3) is 5.91 Å². The van der Waals surface area contributed by atoms with Gasteiger partial charge in [-0.2, -0.15) is 0 Å². The summed E-state index contributed by atoms with van der Waals surface area (Å²) in [5.74, 6) is 0.334. The van der Waals surface area contributed by atoms with Crippen LogP contribution in [0, 0.1) is 0 Å². The van der Waals surface area contributed by atoms with Crippen LogP contribution in [0.2, 0.25) is 0 Å². The first-order valence-corrected chi connectivity index (χ1v) is 13.3. The molecule has 0 saturated carbocycles. The Hall–Kier alpha value is -4.38. The third-order valence-electron chi connectivity index (χ3n) is 6.56. The fourth-order valence-electron chi connectivity index (χ4n) is 4.54. The van der Waals surface area contributed by atoms with Crippen LogP contribution in [0.4, 0.5) is 0 Å². The average Bonchev–Trinajstić information content (AvgIpc) is 3.42. The Kier molecular flexibility index (Phi) is 9.74. The Morgan fingerprint density at radius 1 is 1.20 bits per heavy atom. The molecule has 40 heavy (non-hydrogen) atoms. The molecule has 1 aliphatic heterocycles. The van der Waals surface area contributed by atoms with E-state index in [1.807, 2.05) is 53.2 Å². The Morgan fingerprint density at radius 2 is 2.00 bits per heavy atom. The molecule has 2 bridgehead atoms. The van der Waals surface area contributed by atoms with Gasteiger partial charge in [0.1, 0.15) is 18.0 Å². The predicted molar refractivity (Wildman–Crippen MR) is 148 cm³/mol. The number of carbonyl (C=O) groups is 3. The summed E-state index contributed by atoms with van der Waals surface area (Å²) in [6, 6.07) is 14.0. The van der Waals surface area contributed by atoms with Gasteiger partial charge in [-0.3, -0.25) is 14.4 Å². The summed E-state index contributed by atoms with van der Waals surface area (Å²) >= 11 is 0. The molecule has 3 N–H and O–H groups in total. The van der Waals surface area contributed by atoms with Gasteiger partial charge < -0.3 is 34.7 Å². The molecule has 2 aromatic carbocycles. The van der Waals surface area contributed by atoms with Gasteiger partial charge in [-0.05, 0) is 37.1 Å². The molecule has 3 aromatic rings. The van der Waals surface area contributed by atoms with E-state index in [0.29, 0.717) is 36.8 Å². The van der Waals surface area contributed by atoms with E-state index in [1.54, 1.807) is 19.4 Å². The molecule has 11 heteroatoms. The van der Waals surface area contributed by atoms with Crippen LogP contribution in [-0.2, 0) is 27.3 Å².